The van der Waals surface area contributed by atoms with Gasteiger partial charge in [0, 0.05) is 4.83 Å². The molecule has 0 amide bonds. The van der Waals surface area contributed by atoms with Crippen molar-refractivity contribution in [3.8, 4) is 0 Å². The van der Waals surface area contributed by atoms with Crippen LogP contribution in [0.5, 0.6) is 0 Å². The Labute approximate surface area is 86.0 Å². The number of hydrogen-bond acceptors (Lipinski definition) is 2. The highest BCUT2D eigenvalue weighted by Crippen LogP contribution is 2.25. The van der Waals surface area contributed by atoms with Crippen LogP contribution in [0.1, 0.15) is 16.8 Å². The van der Waals surface area contributed by atoms with Crippen LogP contribution in [0.4, 0.5) is 0 Å². The molecule has 0 aromatic heterocycles. The number of ether oxygens (including phenoxy) is 1. The first-order chi connectivity index (χ1) is 6.24. The van der Waals surface area contributed by atoms with Crippen LogP contribution in [0.3, 0.4) is 0 Å². The Balaban J connectivity index is 2.59. The molecule has 2 nitrogen and oxygen atoms in total. The Bertz CT molecular complexity index is 272. The molecule has 1 aromatic carbocycles. The Morgan fingerprint density at radius 2 is 2.08 bits per heavy atom. The number of rotatable bonds is 3. The van der Waals surface area contributed by atoms with Crippen molar-refractivity contribution in [1.82, 2.24) is 0 Å². The summed E-state index contributed by atoms with van der Waals surface area (Å²) in [5.41, 5.74) is 1.09. The van der Waals surface area contributed by atoms with E-state index in [-0.39, 0.29) is 10.8 Å². The van der Waals surface area contributed by atoms with Crippen molar-refractivity contribution in [2.45, 2.75) is 11.2 Å². The largest absolute Gasteiger partial charge is 0.469 e. The second-order valence-electron chi connectivity index (χ2n) is 2.66. The SMILES string of the molecule is COC(=O)CC(Br)c1ccccc1. The third-order valence-electron chi connectivity index (χ3n) is 1.73. The monoisotopic (exact) mass is 242 g/mol. The highest BCUT2D eigenvalue weighted by atomic mass is 79.9. The molecule has 0 spiro atoms. The van der Waals surface area contributed by atoms with Gasteiger partial charge in [-0.05, 0) is 5.56 Å². The van der Waals surface area contributed by atoms with Crippen LogP contribution in [0.2, 0.25) is 0 Å². The third kappa shape index (κ3) is 3.19. The van der Waals surface area contributed by atoms with Crippen molar-refractivity contribution >= 4 is 21.9 Å². The van der Waals surface area contributed by atoms with Crippen molar-refractivity contribution < 1.29 is 9.53 Å². The van der Waals surface area contributed by atoms with Gasteiger partial charge in [0.25, 0.3) is 0 Å². The molecule has 0 saturated heterocycles. The summed E-state index contributed by atoms with van der Waals surface area (Å²) in [6, 6.07) is 9.79. The molecule has 3 heteroatoms. The lowest BCUT2D eigenvalue weighted by molar-refractivity contribution is -0.140. The van der Waals surface area contributed by atoms with E-state index in [1.54, 1.807) is 0 Å². The average molecular weight is 243 g/mol. The Kier molecular flexibility index (Phi) is 3.96. The van der Waals surface area contributed by atoms with Gasteiger partial charge in [-0.2, -0.15) is 0 Å². The molecule has 0 fully saturated rings. The predicted octanol–water partition coefficient (Wildman–Crippen LogP) is 2.69. The fourth-order valence-corrected chi connectivity index (χ4v) is 1.58. The summed E-state index contributed by atoms with van der Waals surface area (Å²) >= 11 is 3.43. The van der Waals surface area contributed by atoms with Gasteiger partial charge < -0.3 is 4.74 Å². The summed E-state index contributed by atoms with van der Waals surface area (Å²) in [6.45, 7) is 0. The second-order valence-corrected chi connectivity index (χ2v) is 3.76. The van der Waals surface area contributed by atoms with E-state index in [2.05, 4.69) is 20.7 Å². The molecule has 0 N–H and O–H groups in total. The van der Waals surface area contributed by atoms with E-state index < -0.39 is 0 Å². The van der Waals surface area contributed by atoms with Gasteiger partial charge in [0.15, 0.2) is 0 Å². The minimum Gasteiger partial charge on any atom is -0.469 e. The van der Waals surface area contributed by atoms with E-state index in [1.807, 2.05) is 30.3 Å². The molecule has 0 saturated carbocycles. The summed E-state index contributed by atoms with van der Waals surface area (Å²) in [5, 5.41) is 0. The van der Waals surface area contributed by atoms with E-state index in [9.17, 15) is 4.79 Å². The number of methoxy groups -OCH3 is 1. The van der Waals surface area contributed by atoms with Gasteiger partial charge in [-0.25, -0.2) is 0 Å². The first-order valence-corrected chi connectivity index (χ1v) is 4.91. The standard InChI is InChI=1S/C10H11BrO2/c1-13-10(12)7-9(11)8-5-3-2-4-6-8/h2-6,9H,7H2,1H3. The smallest absolute Gasteiger partial charge is 0.306 e. The predicted molar refractivity (Wildman–Crippen MR) is 54.7 cm³/mol. The van der Waals surface area contributed by atoms with Crippen molar-refractivity contribution in [2.75, 3.05) is 7.11 Å². The lowest BCUT2D eigenvalue weighted by Gasteiger charge is -2.07. The van der Waals surface area contributed by atoms with E-state index in [1.165, 1.54) is 7.11 Å². The first kappa shape index (κ1) is 10.3. The summed E-state index contributed by atoms with van der Waals surface area (Å²) in [7, 11) is 1.40. The number of esters is 1. The Morgan fingerprint density at radius 3 is 2.62 bits per heavy atom. The summed E-state index contributed by atoms with van der Waals surface area (Å²) < 4.78 is 4.57. The molecule has 0 aliphatic heterocycles. The van der Waals surface area contributed by atoms with Gasteiger partial charge in [-0.3, -0.25) is 4.79 Å². The molecule has 0 heterocycles. The van der Waals surface area contributed by atoms with Crippen LogP contribution in [0.25, 0.3) is 0 Å². The quantitative estimate of drug-likeness (QED) is 0.602. The van der Waals surface area contributed by atoms with Crippen LogP contribution >= 0.6 is 15.9 Å². The van der Waals surface area contributed by atoms with Crippen molar-refractivity contribution in [1.29, 1.82) is 0 Å². The van der Waals surface area contributed by atoms with E-state index in [0.29, 0.717) is 6.42 Å². The Hall–Kier alpha value is -0.830. The normalized spacial score (nSPS) is 12.2. The van der Waals surface area contributed by atoms with Gasteiger partial charge in [0.2, 0.25) is 0 Å². The molecule has 13 heavy (non-hydrogen) atoms. The van der Waals surface area contributed by atoms with Crippen LogP contribution < -0.4 is 0 Å². The molecule has 0 aliphatic carbocycles. The van der Waals surface area contributed by atoms with Crippen molar-refractivity contribution in [3.05, 3.63) is 35.9 Å². The van der Waals surface area contributed by atoms with Gasteiger partial charge in [-0.15, -0.1) is 0 Å². The van der Waals surface area contributed by atoms with E-state index in [4.69, 9.17) is 0 Å². The Morgan fingerprint density at radius 1 is 1.46 bits per heavy atom. The van der Waals surface area contributed by atoms with Gasteiger partial charge >= 0.3 is 5.97 Å². The first-order valence-electron chi connectivity index (χ1n) is 4.00. The fourth-order valence-electron chi connectivity index (χ4n) is 1.01. The van der Waals surface area contributed by atoms with Crippen molar-refractivity contribution in [2.24, 2.45) is 0 Å². The summed E-state index contributed by atoms with van der Waals surface area (Å²) in [4.78, 5) is 11.0. The van der Waals surface area contributed by atoms with Gasteiger partial charge in [0.1, 0.15) is 0 Å². The van der Waals surface area contributed by atoms with E-state index in [0.717, 1.165) is 5.56 Å². The number of carbonyl (C=O) groups excluding carboxylic acids is 1. The zero-order valence-electron chi connectivity index (χ0n) is 7.37. The molecule has 0 bridgehead atoms. The summed E-state index contributed by atoms with van der Waals surface area (Å²) in [5.74, 6) is -0.203. The zero-order valence-corrected chi connectivity index (χ0v) is 8.95. The van der Waals surface area contributed by atoms with Gasteiger partial charge in [0.05, 0.1) is 13.5 Å². The number of halogens is 1. The molecule has 1 aromatic rings. The maximum atomic E-state index is 10.9. The number of alkyl halides is 1. The van der Waals surface area contributed by atoms with E-state index >= 15 is 0 Å². The molecule has 1 rings (SSSR count). The highest BCUT2D eigenvalue weighted by molar-refractivity contribution is 9.09. The number of hydrogen-bond donors (Lipinski definition) is 0. The number of benzene rings is 1. The molecule has 1 unspecified atom stereocenters. The van der Waals surface area contributed by atoms with Crippen LogP contribution in [-0.2, 0) is 9.53 Å². The minimum atomic E-state index is -0.203. The average Bonchev–Trinajstić information content (AvgIpc) is 2.19. The zero-order chi connectivity index (χ0) is 9.68. The lowest BCUT2D eigenvalue weighted by Crippen LogP contribution is -2.03. The second kappa shape index (κ2) is 5.02. The lowest BCUT2D eigenvalue weighted by atomic mass is 10.1. The molecule has 0 radical (unpaired) electrons. The molecule has 1 atom stereocenters. The number of carbonyl (C=O) groups is 1. The van der Waals surface area contributed by atoms with Crippen molar-refractivity contribution in [3.63, 3.8) is 0 Å². The van der Waals surface area contributed by atoms with Crippen LogP contribution in [0.15, 0.2) is 30.3 Å². The van der Waals surface area contributed by atoms with Crippen LogP contribution in [0, 0.1) is 0 Å². The van der Waals surface area contributed by atoms with Crippen LogP contribution in [-0.4, -0.2) is 13.1 Å². The maximum Gasteiger partial charge on any atom is 0.306 e. The summed E-state index contributed by atoms with van der Waals surface area (Å²) in [6.07, 6.45) is 0.362. The molecular weight excluding hydrogens is 232 g/mol. The maximum absolute atomic E-state index is 10.9. The fraction of sp³-hybridized carbons (Fsp3) is 0.300. The molecule has 0 aliphatic rings. The van der Waals surface area contributed by atoms with Gasteiger partial charge in [-0.1, -0.05) is 46.3 Å². The third-order valence-corrected chi connectivity index (χ3v) is 2.59. The minimum absolute atomic E-state index is 0.0427. The topological polar surface area (TPSA) is 26.3 Å². The highest BCUT2D eigenvalue weighted by Gasteiger charge is 2.11. The molecular formula is C10H11BrO2. The molecule has 70 valence electrons.